The molecule has 1 unspecified atom stereocenters. The smallest absolute Gasteiger partial charge is 0.193 e. The zero-order valence-corrected chi connectivity index (χ0v) is 9.96. The summed E-state index contributed by atoms with van der Waals surface area (Å²) in [4.78, 5) is 0. The number of hydrogen-bond acceptors (Lipinski definition) is 4. The Morgan fingerprint density at radius 2 is 2.25 bits per heavy atom. The fourth-order valence-electron chi connectivity index (χ4n) is 1.52. The van der Waals surface area contributed by atoms with Gasteiger partial charge >= 0.3 is 0 Å². The lowest BCUT2D eigenvalue weighted by Crippen LogP contribution is -2.30. The molecule has 0 bridgehead atoms. The van der Waals surface area contributed by atoms with E-state index in [1.165, 1.54) is 0 Å². The average Bonchev–Trinajstić information content (AvgIpc) is 2.80. The number of aromatic nitrogens is 2. The molecule has 2 rings (SSSR count). The van der Waals surface area contributed by atoms with Crippen molar-refractivity contribution in [3.8, 4) is 0 Å². The molecule has 7 heteroatoms. The van der Waals surface area contributed by atoms with Crippen LogP contribution in [-0.4, -0.2) is 9.78 Å². The molecule has 2 aromatic rings. The molecule has 0 aliphatic heterocycles. The molecule has 5 nitrogen and oxygen atoms in total. The van der Waals surface area contributed by atoms with Crippen molar-refractivity contribution in [2.75, 3.05) is 0 Å². The molecule has 0 saturated carbocycles. The van der Waals surface area contributed by atoms with Crippen molar-refractivity contribution in [3.05, 3.63) is 40.0 Å². The van der Waals surface area contributed by atoms with Crippen molar-refractivity contribution in [1.29, 1.82) is 0 Å². The van der Waals surface area contributed by atoms with Crippen LogP contribution in [-0.2, 0) is 7.05 Å². The number of nitrogens with one attached hydrogen (secondary N) is 1. The van der Waals surface area contributed by atoms with Gasteiger partial charge in [-0.25, -0.2) is 5.43 Å². The number of nitrogens with zero attached hydrogens (tertiary/aromatic N) is 2. The molecule has 0 aliphatic rings. The van der Waals surface area contributed by atoms with Crippen LogP contribution in [0.5, 0.6) is 0 Å². The maximum atomic E-state index is 6.02. The van der Waals surface area contributed by atoms with E-state index in [9.17, 15) is 0 Å². The van der Waals surface area contributed by atoms with E-state index in [2.05, 4.69) is 10.5 Å². The van der Waals surface area contributed by atoms with Gasteiger partial charge in [0.1, 0.15) is 11.8 Å². The van der Waals surface area contributed by atoms with E-state index in [1.54, 1.807) is 30.1 Å². The minimum Gasteiger partial charge on any atom is -0.448 e. The summed E-state index contributed by atoms with van der Waals surface area (Å²) in [5.74, 6) is 6.07. The Hall–Kier alpha value is -1.01. The van der Waals surface area contributed by atoms with Crippen molar-refractivity contribution >= 4 is 23.2 Å². The van der Waals surface area contributed by atoms with Gasteiger partial charge in [-0.2, -0.15) is 5.10 Å². The van der Waals surface area contributed by atoms with E-state index >= 15 is 0 Å². The van der Waals surface area contributed by atoms with Gasteiger partial charge in [-0.05, 0) is 23.7 Å². The standard InChI is InChI=1S/C9H10Cl2N4O/c1-15-9(5(10)4-13-15)8(14-12)6-2-3-7(11)16-6/h2-4,8,14H,12H2,1H3. The molecule has 0 radical (unpaired) electrons. The third kappa shape index (κ3) is 1.94. The van der Waals surface area contributed by atoms with E-state index in [0.29, 0.717) is 16.0 Å². The van der Waals surface area contributed by atoms with Crippen LogP contribution in [0.1, 0.15) is 17.5 Å². The Balaban J connectivity index is 2.44. The van der Waals surface area contributed by atoms with Crippen molar-refractivity contribution < 1.29 is 4.42 Å². The van der Waals surface area contributed by atoms with Crippen LogP contribution in [0.3, 0.4) is 0 Å². The minimum atomic E-state index is -0.382. The topological polar surface area (TPSA) is 69.0 Å². The second-order valence-corrected chi connectivity index (χ2v) is 4.02. The molecule has 2 aromatic heterocycles. The maximum Gasteiger partial charge on any atom is 0.193 e. The monoisotopic (exact) mass is 260 g/mol. The first kappa shape index (κ1) is 11.5. The van der Waals surface area contributed by atoms with Gasteiger partial charge in [0.05, 0.1) is 16.9 Å². The Bertz CT molecular complexity index is 474. The Kier molecular flexibility index (Phi) is 3.20. The summed E-state index contributed by atoms with van der Waals surface area (Å²) in [6.45, 7) is 0. The predicted octanol–water partition coefficient (Wildman–Crippen LogP) is 1.87. The highest BCUT2D eigenvalue weighted by Crippen LogP contribution is 2.29. The van der Waals surface area contributed by atoms with Crippen molar-refractivity contribution in [2.24, 2.45) is 12.9 Å². The van der Waals surface area contributed by atoms with Gasteiger partial charge in [0.25, 0.3) is 0 Å². The van der Waals surface area contributed by atoms with E-state index in [4.69, 9.17) is 33.5 Å². The molecule has 0 saturated heterocycles. The van der Waals surface area contributed by atoms with Gasteiger partial charge in [-0.15, -0.1) is 0 Å². The molecule has 0 fully saturated rings. The summed E-state index contributed by atoms with van der Waals surface area (Å²) in [5.41, 5.74) is 3.34. The zero-order valence-electron chi connectivity index (χ0n) is 8.45. The van der Waals surface area contributed by atoms with Crippen LogP contribution in [0.2, 0.25) is 10.2 Å². The highest BCUT2D eigenvalue weighted by Gasteiger charge is 2.22. The highest BCUT2D eigenvalue weighted by molar-refractivity contribution is 6.31. The summed E-state index contributed by atoms with van der Waals surface area (Å²) >= 11 is 11.7. The number of furan rings is 1. The number of hydrogen-bond donors (Lipinski definition) is 2. The maximum absolute atomic E-state index is 6.02. The second kappa shape index (κ2) is 4.47. The van der Waals surface area contributed by atoms with Crippen molar-refractivity contribution in [2.45, 2.75) is 6.04 Å². The summed E-state index contributed by atoms with van der Waals surface area (Å²) in [7, 11) is 1.77. The SMILES string of the molecule is Cn1ncc(Cl)c1C(NN)c1ccc(Cl)o1. The second-order valence-electron chi connectivity index (χ2n) is 3.24. The predicted molar refractivity (Wildman–Crippen MR) is 61.1 cm³/mol. The van der Waals surface area contributed by atoms with E-state index in [0.717, 1.165) is 5.69 Å². The molecule has 0 aromatic carbocycles. The summed E-state index contributed by atoms with van der Waals surface area (Å²) in [6, 6.07) is 2.99. The number of nitrogens with two attached hydrogens (primary N) is 1. The van der Waals surface area contributed by atoms with Crippen molar-refractivity contribution in [3.63, 3.8) is 0 Å². The quantitative estimate of drug-likeness (QED) is 0.653. The minimum absolute atomic E-state index is 0.300. The number of aryl methyl sites for hydroxylation is 1. The molecule has 0 spiro atoms. The summed E-state index contributed by atoms with van der Waals surface area (Å²) in [5, 5.41) is 4.84. The number of hydrazine groups is 1. The number of halogens is 2. The van der Waals surface area contributed by atoms with Crippen molar-refractivity contribution in [1.82, 2.24) is 15.2 Å². The average molecular weight is 261 g/mol. The Morgan fingerprint density at radius 3 is 2.69 bits per heavy atom. The summed E-state index contributed by atoms with van der Waals surface area (Å²) in [6.07, 6.45) is 1.55. The molecule has 2 heterocycles. The fourth-order valence-corrected chi connectivity index (χ4v) is 1.95. The summed E-state index contributed by atoms with van der Waals surface area (Å²) < 4.78 is 6.92. The van der Waals surface area contributed by atoms with Crippen LogP contribution in [0, 0.1) is 0 Å². The first-order chi connectivity index (χ1) is 7.63. The van der Waals surface area contributed by atoms with Gasteiger partial charge in [0, 0.05) is 7.05 Å². The first-order valence-corrected chi connectivity index (χ1v) is 5.28. The van der Waals surface area contributed by atoms with E-state index < -0.39 is 0 Å². The largest absolute Gasteiger partial charge is 0.448 e. The van der Waals surface area contributed by atoms with Gasteiger partial charge in [-0.1, -0.05) is 11.6 Å². The molecular formula is C9H10Cl2N4O. The van der Waals surface area contributed by atoms with Crippen LogP contribution >= 0.6 is 23.2 Å². The van der Waals surface area contributed by atoms with Crippen LogP contribution in [0.4, 0.5) is 0 Å². The Morgan fingerprint density at radius 1 is 1.50 bits per heavy atom. The lowest BCUT2D eigenvalue weighted by atomic mass is 10.1. The molecule has 1 atom stereocenters. The molecule has 86 valence electrons. The zero-order chi connectivity index (χ0) is 11.7. The van der Waals surface area contributed by atoms with Crippen LogP contribution in [0.25, 0.3) is 0 Å². The third-order valence-electron chi connectivity index (χ3n) is 2.26. The molecule has 0 amide bonds. The molecule has 16 heavy (non-hydrogen) atoms. The molecule has 0 aliphatic carbocycles. The van der Waals surface area contributed by atoms with E-state index in [1.807, 2.05) is 0 Å². The van der Waals surface area contributed by atoms with Gasteiger partial charge in [0.15, 0.2) is 5.22 Å². The lowest BCUT2D eigenvalue weighted by molar-refractivity contribution is 0.439. The van der Waals surface area contributed by atoms with Gasteiger partial charge < -0.3 is 4.42 Å². The third-order valence-corrected chi connectivity index (χ3v) is 2.75. The Labute approximate surface area is 102 Å². The van der Waals surface area contributed by atoms with Gasteiger partial charge in [-0.3, -0.25) is 10.5 Å². The van der Waals surface area contributed by atoms with E-state index in [-0.39, 0.29) is 6.04 Å². The number of rotatable bonds is 3. The molecular weight excluding hydrogens is 251 g/mol. The van der Waals surface area contributed by atoms with Crippen LogP contribution in [0.15, 0.2) is 22.7 Å². The first-order valence-electron chi connectivity index (χ1n) is 4.52. The van der Waals surface area contributed by atoms with Crippen LogP contribution < -0.4 is 11.3 Å². The normalized spacial score (nSPS) is 13.0. The fraction of sp³-hybridized carbons (Fsp3) is 0.222. The lowest BCUT2D eigenvalue weighted by Gasteiger charge is -2.14. The van der Waals surface area contributed by atoms with Gasteiger partial charge in [0.2, 0.25) is 0 Å². The molecule has 3 N–H and O–H groups in total. The highest BCUT2D eigenvalue weighted by atomic mass is 35.5.